The van der Waals surface area contributed by atoms with Crippen molar-refractivity contribution in [1.82, 2.24) is 4.57 Å². The Bertz CT molecular complexity index is 1810. The van der Waals surface area contributed by atoms with Crippen LogP contribution >= 0.6 is 0 Å². The molecule has 0 spiro atoms. The summed E-state index contributed by atoms with van der Waals surface area (Å²) in [7, 11) is 0. The zero-order valence-corrected chi connectivity index (χ0v) is 24.6. The molecule has 0 saturated heterocycles. The molecular weight excluding hydrogens is 591 g/mol. The van der Waals surface area contributed by atoms with Crippen molar-refractivity contribution in [3.05, 3.63) is 123 Å². The number of carboxylic acids is 1. The van der Waals surface area contributed by atoms with Gasteiger partial charge < -0.3 is 15.6 Å². The maximum Gasteiger partial charge on any atom is 0.415 e. The fraction of sp³-hybridized carbons (Fsp3) is 0.212. The number of nitrogens with zero attached hydrogens (tertiary/aromatic N) is 2. The SMILES string of the molecule is CC(C)(C)OC(=O)N(Cc1cc(F)c(-n2c(N)c(C(=O)c3ccc(F)cc3)ccc2=O)c(F)c1)c1ccccc1CCC(=O)O. The first-order valence-corrected chi connectivity index (χ1v) is 13.8. The molecule has 1 amide bonds. The third-order valence-electron chi connectivity index (χ3n) is 6.63. The molecule has 0 unspecified atom stereocenters. The predicted molar refractivity (Wildman–Crippen MR) is 161 cm³/mol. The number of pyridine rings is 1. The first-order chi connectivity index (χ1) is 21.2. The van der Waals surface area contributed by atoms with E-state index in [4.69, 9.17) is 10.5 Å². The van der Waals surface area contributed by atoms with Gasteiger partial charge in [-0.3, -0.25) is 23.9 Å². The monoisotopic (exact) mass is 621 g/mol. The number of amides is 1. The van der Waals surface area contributed by atoms with E-state index in [0.29, 0.717) is 10.1 Å². The van der Waals surface area contributed by atoms with E-state index in [2.05, 4.69) is 0 Å². The number of carbonyl (C=O) groups excluding carboxylic acids is 2. The molecule has 0 bridgehead atoms. The average Bonchev–Trinajstić information content (AvgIpc) is 2.95. The molecular formula is C33H30F3N3O6. The highest BCUT2D eigenvalue weighted by atomic mass is 19.1. The van der Waals surface area contributed by atoms with Gasteiger partial charge in [-0.15, -0.1) is 0 Å². The quantitative estimate of drug-likeness (QED) is 0.218. The van der Waals surface area contributed by atoms with Crippen LogP contribution in [0.25, 0.3) is 5.69 Å². The number of benzene rings is 3. The highest BCUT2D eigenvalue weighted by Gasteiger charge is 2.27. The van der Waals surface area contributed by atoms with Gasteiger partial charge in [0.25, 0.3) is 5.56 Å². The van der Waals surface area contributed by atoms with Crippen molar-refractivity contribution >= 4 is 29.4 Å². The number of para-hydroxylation sites is 1. The van der Waals surface area contributed by atoms with Crippen LogP contribution in [0.1, 0.15) is 54.2 Å². The number of hydrogen-bond acceptors (Lipinski definition) is 6. The Hall–Kier alpha value is -5.39. The molecule has 9 nitrogen and oxygen atoms in total. The summed E-state index contributed by atoms with van der Waals surface area (Å²) in [6, 6.07) is 14.9. The Morgan fingerprint density at radius 3 is 2.16 bits per heavy atom. The third-order valence-corrected chi connectivity index (χ3v) is 6.63. The molecule has 0 saturated carbocycles. The molecule has 4 aromatic rings. The van der Waals surface area contributed by atoms with Crippen LogP contribution in [0.3, 0.4) is 0 Å². The van der Waals surface area contributed by atoms with Crippen molar-refractivity contribution in [2.24, 2.45) is 0 Å². The number of hydrogen-bond donors (Lipinski definition) is 2. The molecule has 45 heavy (non-hydrogen) atoms. The van der Waals surface area contributed by atoms with E-state index < -0.39 is 58.0 Å². The smallest absolute Gasteiger partial charge is 0.415 e. The van der Waals surface area contributed by atoms with E-state index in [9.17, 15) is 28.7 Å². The van der Waals surface area contributed by atoms with Gasteiger partial charge in [-0.05, 0) is 86.8 Å². The van der Waals surface area contributed by atoms with Gasteiger partial charge in [0.2, 0.25) is 0 Å². The topological polar surface area (TPSA) is 132 Å². The van der Waals surface area contributed by atoms with Crippen LogP contribution in [-0.4, -0.2) is 33.1 Å². The molecule has 12 heteroatoms. The number of ether oxygens (including phenoxy) is 1. The highest BCUT2D eigenvalue weighted by Crippen LogP contribution is 2.29. The summed E-state index contributed by atoms with van der Waals surface area (Å²) < 4.78 is 50.8. The number of carbonyl (C=O) groups is 3. The van der Waals surface area contributed by atoms with Crippen molar-refractivity contribution in [2.75, 3.05) is 10.6 Å². The van der Waals surface area contributed by atoms with Gasteiger partial charge in [0.05, 0.1) is 17.8 Å². The van der Waals surface area contributed by atoms with Crippen molar-refractivity contribution in [1.29, 1.82) is 0 Å². The lowest BCUT2D eigenvalue weighted by atomic mass is 10.0. The van der Waals surface area contributed by atoms with Crippen molar-refractivity contribution in [3.63, 3.8) is 0 Å². The molecule has 1 aromatic heterocycles. The van der Waals surface area contributed by atoms with Crippen molar-refractivity contribution < 1.29 is 37.4 Å². The molecule has 234 valence electrons. The second-order valence-corrected chi connectivity index (χ2v) is 11.1. The van der Waals surface area contributed by atoms with Gasteiger partial charge in [0.1, 0.15) is 22.9 Å². The number of nitrogen functional groups attached to an aromatic ring is 1. The van der Waals surface area contributed by atoms with Crippen LogP contribution in [0.4, 0.5) is 29.5 Å². The summed E-state index contributed by atoms with van der Waals surface area (Å²) in [5.41, 5.74) is 3.95. The summed E-state index contributed by atoms with van der Waals surface area (Å²) in [5, 5.41) is 9.18. The number of aromatic nitrogens is 1. The maximum atomic E-state index is 15.7. The molecule has 0 aliphatic carbocycles. The Morgan fingerprint density at radius 2 is 1.56 bits per heavy atom. The van der Waals surface area contributed by atoms with Gasteiger partial charge >= 0.3 is 12.1 Å². The number of aryl methyl sites for hydroxylation is 1. The summed E-state index contributed by atoms with van der Waals surface area (Å²) >= 11 is 0. The molecule has 4 rings (SSSR count). The van der Waals surface area contributed by atoms with Gasteiger partial charge in [-0.2, -0.15) is 0 Å². The number of halogens is 3. The normalized spacial score (nSPS) is 11.2. The van der Waals surface area contributed by atoms with Crippen LogP contribution in [0, 0.1) is 17.5 Å². The number of aliphatic carboxylic acids is 1. The number of anilines is 2. The van der Waals surface area contributed by atoms with Gasteiger partial charge in [0, 0.05) is 18.1 Å². The molecule has 3 aromatic carbocycles. The van der Waals surface area contributed by atoms with E-state index in [-0.39, 0.29) is 41.8 Å². The van der Waals surface area contributed by atoms with E-state index in [1.807, 2.05) is 0 Å². The Labute approximate surface area is 256 Å². The lowest BCUT2D eigenvalue weighted by Crippen LogP contribution is -2.37. The number of ketones is 1. The second kappa shape index (κ2) is 13.1. The van der Waals surface area contributed by atoms with E-state index in [0.717, 1.165) is 41.3 Å². The van der Waals surface area contributed by atoms with Gasteiger partial charge in [-0.1, -0.05) is 18.2 Å². The lowest BCUT2D eigenvalue weighted by molar-refractivity contribution is -0.136. The second-order valence-electron chi connectivity index (χ2n) is 11.1. The Kier molecular flexibility index (Phi) is 9.46. The zero-order chi connectivity index (χ0) is 33.1. The molecule has 0 atom stereocenters. The van der Waals surface area contributed by atoms with Crippen LogP contribution in [0.15, 0.2) is 77.6 Å². The predicted octanol–water partition coefficient (Wildman–Crippen LogP) is 6.03. The largest absolute Gasteiger partial charge is 0.481 e. The van der Waals surface area contributed by atoms with Gasteiger partial charge in [-0.25, -0.2) is 18.0 Å². The highest BCUT2D eigenvalue weighted by molar-refractivity contribution is 6.11. The van der Waals surface area contributed by atoms with Crippen LogP contribution in [0.2, 0.25) is 0 Å². The zero-order valence-electron chi connectivity index (χ0n) is 24.6. The fourth-order valence-corrected chi connectivity index (χ4v) is 4.63. The van der Waals surface area contributed by atoms with Crippen LogP contribution in [-0.2, 0) is 22.5 Å². The Balaban J connectivity index is 1.76. The van der Waals surface area contributed by atoms with Crippen molar-refractivity contribution in [3.8, 4) is 5.69 Å². The summed E-state index contributed by atoms with van der Waals surface area (Å²) in [6.07, 6.45) is -1.000. The first kappa shape index (κ1) is 32.5. The maximum absolute atomic E-state index is 15.7. The minimum Gasteiger partial charge on any atom is -0.481 e. The standard InChI is InChI=1S/C33H30F3N3O6/c1-33(2,3)45-32(44)38(26-7-5-4-6-20(26)10-15-28(41)42)18-19-16-24(35)29(25(36)17-19)39-27(40)14-13-23(31(39)37)30(43)21-8-11-22(34)12-9-21/h4-9,11-14,16-17H,10,15,18,37H2,1-3H3,(H,41,42). The van der Waals surface area contributed by atoms with E-state index in [1.165, 1.54) is 12.1 Å². The van der Waals surface area contributed by atoms with Gasteiger partial charge in [0.15, 0.2) is 17.4 Å². The molecule has 0 aliphatic heterocycles. The molecule has 0 aliphatic rings. The van der Waals surface area contributed by atoms with E-state index in [1.54, 1.807) is 45.0 Å². The number of rotatable bonds is 9. The number of nitrogens with two attached hydrogens (primary N) is 1. The molecule has 3 N–H and O–H groups in total. The van der Waals surface area contributed by atoms with Crippen LogP contribution in [0.5, 0.6) is 0 Å². The summed E-state index contributed by atoms with van der Waals surface area (Å²) in [4.78, 5) is 51.5. The Morgan fingerprint density at radius 1 is 0.933 bits per heavy atom. The summed E-state index contributed by atoms with van der Waals surface area (Å²) in [5.74, 6) is -5.30. The molecule has 0 fully saturated rings. The third kappa shape index (κ3) is 7.58. The van der Waals surface area contributed by atoms with Crippen molar-refractivity contribution in [2.45, 2.75) is 45.8 Å². The lowest BCUT2D eigenvalue weighted by Gasteiger charge is -2.29. The first-order valence-electron chi connectivity index (χ1n) is 13.8. The molecule has 0 radical (unpaired) electrons. The average molecular weight is 622 g/mol. The minimum atomic E-state index is -1.21. The minimum absolute atomic E-state index is 0.0298. The fourth-order valence-electron chi connectivity index (χ4n) is 4.63. The van der Waals surface area contributed by atoms with E-state index >= 15 is 8.78 Å². The summed E-state index contributed by atoms with van der Waals surface area (Å²) in [6.45, 7) is 4.54. The number of carboxylic acid groups (broad SMARTS) is 1. The molecule has 1 heterocycles. The van der Waals surface area contributed by atoms with Crippen LogP contribution < -0.4 is 16.2 Å².